The molecule has 0 aliphatic rings. The summed E-state index contributed by atoms with van der Waals surface area (Å²) in [6, 6.07) is -1.69. The van der Waals surface area contributed by atoms with Gasteiger partial charge in [0.1, 0.15) is 6.04 Å². The highest BCUT2D eigenvalue weighted by Gasteiger charge is 2.19. The summed E-state index contributed by atoms with van der Waals surface area (Å²) >= 11 is 0. The van der Waals surface area contributed by atoms with Gasteiger partial charge in [0.05, 0.1) is 5.69 Å². The SMILES string of the molecule is Cc1nn(C)c(C)c1CNC(=O)N[C@@H](CCO)C(=O)O. The van der Waals surface area contributed by atoms with Gasteiger partial charge in [0, 0.05) is 37.9 Å². The first-order valence-electron chi connectivity index (χ1n) is 6.24. The van der Waals surface area contributed by atoms with Crippen LogP contribution in [0.4, 0.5) is 4.79 Å². The van der Waals surface area contributed by atoms with Crippen molar-refractivity contribution in [3.05, 3.63) is 17.0 Å². The number of amides is 2. The quantitative estimate of drug-likeness (QED) is 0.571. The zero-order valence-corrected chi connectivity index (χ0v) is 11.8. The normalized spacial score (nSPS) is 12.0. The number of nitrogens with zero attached hydrogens (tertiary/aromatic N) is 2. The lowest BCUT2D eigenvalue weighted by Crippen LogP contribution is -2.46. The molecule has 0 aliphatic carbocycles. The highest BCUT2D eigenvalue weighted by atomic mass is 16.4. The lowest BCUT2D eigenvalue weighted by atomic mass is 10.2. The number of carboxylic acids is 1. The van der Waals surface area contributed by atoms with Crippen LogP contribution in [0.2, 0.25) is 0 Å². The third kappa shape index (κ3) is 3.95. The highest BCUT2D eigenvalue weighted by molar-refractivity contribution is 5.82. The summed E-state index contributed by atoms with van der Waals surface area (Å²) in [7, 11) is 1.81. The van der Waals surface area contributed by atoms with Crippen LogP contribution in [0.3, 0.4) is 0 Å². The largest absolute Gasteiger partial charge is 0.480 e. The minimum absolute atomic E-state index is 0.0340. The van der Waals surface area contributed by atoms with Gasteiger partial charge in [-0.2, -0.15) is 5.10 Å². The molecule has 0 aliphatic heterocycles. The average molecular weight is 284 g/mol. The molecule has 20 heavy (non-hydrogen) atoms. The van der Waals surface area contributed by atoms with E-state index in [-0.39, 0.29) is 19.6 Å². The molecule has 2 amide bonds. The van der Waals surface area contributed by atoms with Gasteiger partial charge >= 0.3 is 12.0 Å². The van der Waals surface area contributed by atoms with Gasteiger partial charge in [-0.05, 0) is 13.8 Å². The lowest BCUT2D eigenvalue weighted by Gasteiger charge is -2.14. The fourth-order valence-corrected chi connectivity index (χ4v) is 1.84. The molecule has 112 valence electrons. The maximum Gasteiger partial charge on any atom is 0.326 e. The number of carbonyl (C=O) groups excluding carboxylic acids is 1. The van der Waals surface area contributed by atoms with E-state index in [0.717, 1.165) is 17.0 Å². The van der Waals surface area contributed by atoms with Crippen LogP contribution >= 0.6 is 0 Å². The second-order valence-electron chi connectivity index (χ2n) is 4.50. The van der Waals surface area contributed by atoms with Crippen LogP contribution in [0.15, 0.2) is 0 Å². The molecule has 0 fully saturated rings. The van der Waals surface area contributed by atoms with E-state index in [1.165, 1.54) is 0 Å². The summed E-state index contributed by atoms with van der Waals surface area (Å²) in [4.78, 5) is 22.5. The number of aliphatic hydroxyl groups excluding tert-OH is 1. The minimum Gasteiger partial charge on any atom is -0.480 e. The number of hydrogen-bond acceptors (Lipinski definition) is 4. The Bertz CT molecular complexity index is 498. The van der Waals surface area contributed by atoms with Crippen LogP contribution < -0.4 is 10.6 Å². The topological polar surface area (TPSA) is 116 Å². The Balaban J connectivity index is 2.56. The molecule has 1 heterocycles. The minimum atomic E-state index is -1.18. The zero-order chi connectivity index (χ0) is 15.3. The van der Waals surface area contributed by atoms with Crippen molar-refractivity contribution in [2.45, 2.75) is 32.9 Å². The molecule has 0 saturated heterocycles. The summed E-state index contributed by atoms with van der Waals surface area (Å²) in [5, 5.41) is 26.7. The predicted molar refractivity (Wildman–Crippen MR) is 71.2 cm³/mol. The smallest absolute Gasteiger partial charge is 0.326 e. The Morgan fingerprint density at radius 1 is 1.40 bits per heavy atom. The first-order chi connectivity index (χ1) is 9.36. The van der Waals surface area contributed by atoms with E-state index in [1.54, 1.807) is 4.68 Å². The molecule has 0 spiro atoms. The van der Waals surface area contributed by atoms with Gasteiger partial charge in [0.25, 0.3) is 0 Å². The summed E-state index contributed by atoms with van der Waals surface area (Å²) in [5.41, 5.74) is 2.65. The average Bonchev–Trinajstić information content (AvgIpc) is 2.60. The molecule has 8 heteroatoms. The van der Waals surface area contributed by atoms with Crippen molar-refractivity contribution >= 4 is 12.0 Å². The first kappa shape index (κ1) is 16.0. The molecule has 1 rings (SSSR count). The number of nitrogens with one attached hydrogen (secondary N) is 2. The third-order valence-electron chi connectivity index (χ3n) is 3.11. The van der Waals surface area contributed by atoms with E-state index >= 15 is 0 Å². The Morgan fingerprint density at radius 3 is 2.50 bits per heavy atom. The molecule has 0 saturated carbocycles. The molecule has 0 aromatic carbocycles. The third-order valence-corrected chi connectivity index (χ3v) is 3.11. The molecule has 1 aromatic heterocycles. The van der Waals surface area contributed by atoms with Crippen molar-refractivity contribution in [1.82, 2.24) is 20.4 Å². The number of rotatable bonds is 6. The summed E-state index contributed by atoms with van der Waals surface area (Å²) in [5.74, 6) is -1.18. The number of aliphatic hydroxyl groups is 1. The molecule has 0 radical (unpaired) electrons. The Labute approximate surface area is 116 Å². The van der Waals surface area contributed by atoms with Crippen LogP contribution in [0, 0.1) is 13.8 Å². The summed E-state index contributed by atoms with van der Waals surface area (Å²) in [6.07, 6.45) is -0.0340. The van der Waals surface area contributed by atoms with E-state index in [9.17, 15) is 9.59 Å². The van der Waals surface area contributed by atoms with Gasteiger partial charge in [-0.1, -0.05) is 0 Å². The van der Waals surface area contributed by atoms with Gasteiger partial charge in [-0.25, -0.2) is 9.59 Å². The predicted octanol–water partition coefficient (Wildman–Crippen LogP) is -0.328. The van der Waals surface area contributed by atoms with Crippen LogP contribution in [0.1, 0.15) is 23.4 Å². The van der Waals surface area contributed by atoms with E-state index in [2.05, 4.69) is 15.7 Å². The molecular formula is C12H20N4O4. The standard InChI is InChI=1S/C12H20N4O4/c1-7-9(8(2)16(3)15-7)6-13-12(20)14-10(4-5-17)11(18)19/h10,17H,4-6H2,1-3H3,(H,18,19)(H2,13,14,20)/t10-/m0/s1. The number of carboxylic acid groups (broad SMARTS) is 1. The molecule has 8 nitrogen and oxygen atoms in total. The van der Waals surface area contributed by atoms with E-state index in [0.29, 0.717) is 0 Å². The van der Waals surface area contributed by atoms with E-state index in [4.69, 9.17) is 10.2 Å². The van der Waals surface area contributed by atoms with Gasteiger partial charge in [0.2, 0.25) is 0 Å². The molecule has 0 bridgehead atoms. The first-order valence-corrected chi connectivity index (χ1v) is 6.24. The Hall–Kier alpha value is -2.09. The van der Waals surface area contributed by atoms with Gasteiger partial charge in [-0.15, -0.1) is 0 Å². The Kier molecular flexibility index (Phi) is 5.51. The van der Waals surface area contributed by atoms with Crippen molar-refractivity contribution in [3.63, 3.8) is 0 Å². The molecule has 1 atom stereocenters. The van der Waals surface area contributed by atoms with Crippen LogP contribution in [0.5, 0.6) is 0 Å². The number of aromatic nitrogens is 2. The number of aliphatic carboxylic acids is 1. The monoisotopic (exact) mass is 284 g/mol. The molecule has 1 aromatic rings. The Morgan fingerprint density at radius 2 is 2.05 bits per heavy atom. The van der Waals surface area contributed by atoms with Crippen molar-refractivity contribution in [2.75, 3.05) is 6.61 Å². The number of carbonyl (C=O) groups is 2. The zero-order valence-electron chi connectivity index (χ0n) is 11.8. The number of aryl methyl sites for hydroxylation is 2. The van der Waals surface area contributed by atoms with Crippen LogP contribution in [-0.4, -0.2) is 44.6 Å². The van der Waals surface area contributed by atoms with E-state index in [1.807, 2.05) is 20.9 Å². The van der Waals surface area contributed by atoms with Gasteiger partial charge < -0.3 is 20.8 Å². The van der Waals surface area contributed by atoms with Crippen molar-refractivity contribution in [2.24, 2.45) is 7.05 Å². The second-order valence-corrected chi connectivity index (χ2v) is 4.50. The highest BCUT2D eigenvalue weighted by Crippen LogP contribution is 2.10. The van der Waals surface area contributed by atoms with Crippen LogP contribution in [0.25, 0.3) is 0 Å². The summed E-state index contributed by atoms with van der Waals surface area (Å²) < 4.78 is 1.72. The molecule has 0 unspecified atom stereocenters. The fourth-order valence-electron chi connectivity index (χ4n) is 1.84. The molecule has 4 N–H and O–H groups in total. The lowest BCUT2D eigenvalue weighted by molar-refractivity contribution is -0.139. The van der Waals surface area contributed by atoms with E-state index < -0.39 is 18.0 Å². The fraction of sp³-hybridized carbons (Fsp3) is 0.583. The van der Waals surface area contributed by atoms with Crippen LogP contribution in [-0.2, 0) is 18.4 Å². The van der Waals surface area contributed by atoms with Crippen molar-refractivity contribution in [3.8, 4) is 0 Å². The number of hydrogen-bond donors (Lipinski definition) is 4. The second kappa shape index (κ2) is 6.90. The van der Waals surface area contributed by atoms with Gasteiger partial charge in [0.15, 0.2) is 0 Å². The van der Waals surface area contributed by atoms with Crippen molar-refractivity contribution in [1.29, 1.82) is 0 Å². The molecular weight excluding hydrogens is 264 g/mol. The number of urea groups is 1. The van der Waals surface area contributed by atoms with Crippen molar-refractivity contribution < 1.29 is 19.8 Å². The summed E-state index contributed by atoms with van der Waals surface area (Å²) in [6.45, 7) is 3.69. The maximum atomic E-state index is 11.6. The van der Waals surface area contributed by atoms with Gasteiger partial charge in [-0.3, -0.25) is 4.68 Å². The maximum absolute atomic E-state index is 11.6.